The average molecular weight is 404 g/mol. The third kappa shape index (κ3) is 5.95. The molecule has 0 radical (unpaired) electrons. The van der Waals surface area contributed by atoms with E-state index in [9.17, 15) is 9.59 Å². The summed E-state index contributed by atoms with van der Waals surface area (Å²) in [6.45, 7) is 7.49. The van der Waals surface area contributed by atoms with E-state index in [0.717, 1.165) is 57.2 Å². The van der Waals surface area contributed by atoms with E-state index in [1.807, 2.05) is 39.0 Å². The van der Waals surface area contributed by atoms with E-state index in [2.05, 4.69) is 22.8 Å². The predicted molar refractivity (Wildman–Crippen MR) is 110 cm³/mol. The van der Waals surface area contributed by atoms with Crippen molar-refractivity contribution >= 4 is 12.1 Å². The molecule has 2 fully saturated rings. The lowest BCUT2D eigenvalue weighted by Gasteiger charge is -2.38. The summed E-state index contributed by atoms with van der Waals surface area (Å²) in [7, 11) is 0. The van der Waals surface area contributed by atoms with Crippen LogP contribution in [0, 0.1) is 5.92 Å². The lowest BCUT2D eigenvalue weighted by molar-refractivity contribution is -0.668. The molecule has 1 aromatic carbocycles. The van der Waals surface area contributed by atoms with Gasteiger partial charge in [0, 0.05) is 18.9 Å². The van der Waals surface area contributed by atoms with Crippen LogP contribution in [0.4, 0.5) is 4.79 Å². The highest BCUT2D eigenvalue weighted by atomic mass is 16.6. The van der Waals surface area contributed by atoms with E-state index in [4.69, 9.17) is 9.47 Å². The maximum absolute atomic E-state index is 13.0. The summed E-state index contributed by atoms with van der Waals surface area (Å²) in [4.78, 5) is 25.0. The smallest absolute Gasteiger partial charge is 0.407 e. The molecule has 3 rings (SSSR count). The second-order valence-electron chi connectivity index (χ2n) is 9.34. The lowest BCUT2D eigenvalue weighted by atomic mass is 9.83. The number of ether oxygens (including phenoxy) is 2. The molecule has 1 saturated carbocycles. The van der Waals surface area contributed by atoms with Gasteiger partial charge in [0.15, 0.2) is 0 Å². The van der Waals surface area contributed by atoms with Crippen LogP contribution in [0.1, 0.15) is 64.9 Å². The third-order valence-corrected chi connectivity index (χ3v) is 5.88. The van der Waals surface area contributed by atoms with Gasteiger partial charge in [-0.25, -0.2) is 4.79 Å². The maximum atomic E-state index is 13.0. The summed E-state index contributed by atoms with van der Waals surface area (Å²) in [5.41, 5.74) is 0.0919. The molecule has 1 aliphatic carbocycles. The van der Waals surface area contributed by atoms with Crippen LogP contribution in [-0.2, 0) is 19.9 Å². The van der Waals surface area contributed by atoms with E-state index in [1.54, 1.807) is 0 Å². The Labute approximate surface area is 173 Å². The highest BCUT2D eigenvalue weighted by molar-refractivity contribution is 5.73. The maximum Gasteiger partial charge on any atom is 0.407 e. The number of benzene rings is 1. The van der Waals surface area contributed by atoms with Gasteiger partial charge in [-0.05, 0) is 52.0 Å². The number of carbonyl (C=O) groups excluding carboxylic acids is 2. The Morgan fingerprint density at radius 3 is 2.24 bits per heavy atom. The second-order valence-corrected chi connectivity index (χ2v) is 9.34. The van der Waals surface area contributed by atoms with E-state index in [0.29, 0.717) is 0 Å². The summed E-state index contributed by atoms with van der Waals surface area (Å²) >= 11 is 0. The quantitative estimate of drug-likeness (QED) is 0.758. The molecule has 1 saturated heterocycles. The van der Waals surface area contributed by atoms with Gasteiger partial charge in [0.05, 0.1) is 19.0 Å². The first-order valence-corrected chi connectivity index (χ1v) is 10.9. The molecule has 1 aliphatic heterocycles. The summed E-state index contributed by atoms with van der Waals surface area (Å²) in [6.07, 6.45) is 4.31. The molecule has 0 spiro atoms. The van der Waals surface area contributed by atoms with Gasteiger partial charge in [0.2, 0.25) is 0 Å². The minimum atomic E-state index is -0.506. The van der Waals surface area contributed by atoms with Crippen molar-refractivity contribution in [2.75, 3.05) is 13.1 Å². The molecule has 6 nitrogen and oxygen atoms in total. The van der Waals surface area contributed by atoms with Gasteiger partial charge in [0.25, 0.3) is 0 Å². The normalized spacial score (nSPS) is 24.4. The van der Waals surface area contributed by atoms with Gasteiger partial charge in [-0.1, -0.05) is 30.3 Å². The zero-order valence-electron chi connectivity index (χ0n) is 17.9. The monoisotopic (exact) mass is 403 g/mol. The van der Waals surface area contributed by atoms with Crippen molar-refractivity contribution in [3.8, 4) is 0 Å². The molecule has 0 bridgehead atoms. The molecule has 2 aliphatic rings. The summed E-state index contributed by atoms with van der Waals surface area (Å²) < 4.78 is 11.5. The largest absolute Gasteiger partial charge is 0.453 e. The van der Waals surface area contributed by atoms with Crippen LogP contribution >= 0.6 is 0 Å². The number of hydrogen-bond acceptors (Lipinski definition) is 4. The molecule has 0 unspecified atom stereocenters. The van der Waals surface area contributed by atoms with Crippen molar-refractivity contribution in [3.63, 3.8) is 0 Å². The van der Waals surface area contributed by atoms with Crippen LogP contribution in [0.5, 0.6) is 0 Å². The second kappa shape index (κ2) is 9.16. The first kappa shape index (κ1) is 21.6. The first-order chi connectivity index (χ1) is 13.8. The number of piperidine rings is 1. The van der Waals surface area contributed by atoms with Crippen molar-refractivity contribution in [1.82, 2.24) is 5.32 Å². The molecule has 3 N–H and O–H groups in total. The van der Waals surface area contributed by atoms with Crippen molar-refractivity contribution < 1.29 is 24.4 Å². The van der Waals surface area contributed by atoms with Gasteiger partial charge < -0.3 is 20.1 Å². The van der Waals surface area contributed by atoms with Crippen LogP contribution in [0.3, 0.4) is 0 Å². The molecule has 0 atom stereocenters. The van der Waals surface area contributed by atoms with Crippen molar-refractivity contribution in [2.24, 2.45) is 5.92 Å². The number of nitrogens with two attached hydrogens (primary N) is 1. The molecular formula is C23H35N2O4+. The fourth-order valence-electron chi connectivity index (χ4n) is 4.35. The van der Waals surface area contributed by atoms with Crippen LogP contribution < -0.4 is 10.6 Å². The van der Waals surface area contributed by atoms with Crippen LogP contribution in [0.25, 0.3) is 0 Å². The van der Waals surface area contributed by atoms with Crippen molar-refractivity contribution in [2.45, 2.75) is 76.5 Å². The number of carbonyl (C=O) groups is 2. The van der Waals surface area contributed by atoms with Gasteiger partial charge in [-0.2, -0.15) is 0 Å². The number of quaternary nitrogens is 1. The number of rotatable bonds is 4. The highest BCUT2D eigenvalue weighted by Crippen LogP contribution is 2.36. The number of esters is 1. The SMILES string of the molecule is CC(C)(C)OC(=O)NC1CCC(C(=O)OC2(c3ccccc3)CC[NH2+]CC2)CC1. The highest BCUT2D eigenvalue weighted by Gasteiger charge is 2.41. The lowest BCUT2D eigenvalue weighted by Crippen LogP contribution is -2.87. The van der Waals surface area contributed by atoms with E-state index >= 15 is 0 Å². The van der Waals surface area contributed by atoms with Crippen LogP contribution in [0.15, 0.2) is 30.3 Å². The van der Waals surface area contributed by atoms with Crippen molar-refractivity contribution in [3.05, 3.63) is 35.9 Å². The minimum absolute atomic E-state index is 0.0567. The fraction of sp³-hybridized carbons (Fsp3) is 0.652. The molecule has 6 heteroatoms. The molecule has 0 aromatic heterocycles. The van der Waals surface area contributed by atoms with Gasteiger partial charge in [0.1, 0.15) is 11.2 Å². The Morgan fingerprint density at radius 2 is 1.66 bits per heavy atom. The summed E-state index contributed by atoms with van der Waals surface area (Å²) in [5.74, 6) is -0.190. The first-order valence-electron chi connectivity index (χ1n) is 10.9. The van der Waals surface area contributed by atoms with E-state index < -0.39 is 11.2 Å². The average Bonchev–Trinajstić information content (AvgIpc) is 2.68. The zero-order chi connectivity index (χ0) is 20.9. The van der Waals surface area contributed by atoms with Crippen molar-refractivity contribution in [1.29, 1.82) is 0 Å². The summed E-state index contributed by atoms with van der Waals surface area (Å²) in [6, 6.07) is 10.2. The Morgan fingerprint density at radius 1 is 1.03 bits per heavy atom. The molecule has 1 aromatic rings. The molecule has 1 amide bonds. The Balaban J connectivity index is 1.55. The topological polar surface area (TPSA) is 81.2 Å². The zero-order valence-corrected chi connectivity index (χ0v) is 17.9. The van der Waals surface area contributed by atoms with Crippen LogP contribution in [-0.4, -0.2) is 36.8 Å². The number of hydrogen-bond donors (Lipinski definition) is 2. The van der Waals surface area contributed by atoms with Crippen LogP contribution in [0.2, 0.25) is 0 Å². The molecule has 160 valence electrons. The standard InChI is InChI=1S/C23H34N2O4/c1-22(2,3)29-21(27)25-19-11-9-17(10-12-19)20(26)28-23(13-15-24-16-14-23)18-7-5-4-6-8-18/h4-8,17,19,24H,9-16H2,1-3H3,(H,25,27)/p+1. The number of nitrogens with one attached hydrogen (secondary N) is 1. The molecule has 1 heterocycles. The van der Waals surface area contributed by atoms with Gasteiger partial charge in [-0.15, -0.1) is 0 Å². The van der Waals surface area contributed by atoms with E-state index in [1.165, 1.54) is 0 Å². The Kier molecular flexibility index (Phi) is 6.83. The number of alkyl carbamates (subject to hydrolysis) is 1. The van der Waals surface area contributed by atoms with Gasteiger partial charge >= 0.3 is 12.1 Å². The Hall–Kier alpha value is -2.08. The fourth-order valence-corrected chi connectivity index (χ4v) is 4.35. The molecular weight excluding hydrogens is 368 g/mol. The summed E-state index contributed by atoms with van der Waals surface area (Å²) in [5, 5.41) is 5.21. The van der Waals surface area contributed by atoms with Gasteiger partial charge in [-0.3, -0.25) is 4.79 Å². The predicted octanol–water partition coefficient (Wildman–Crippen LogP) is 2.87. The minimum Gasteiger partial charge on any atom is -0.453 e. The molecule has 29 heavy (non-hydrogen) atoms. The van der Waals surface area contributed by atoms with E-state index in [-0.39, 0.29) is 24.0 Å². The number of amides is 1. The Bertz CT molecular complexity index is 685. The third-order valence-electron chi connectivity index (χ3n) is 5.88.